The van der Waals surface area contributed by atoms with E-state index in [9.17, 15) is 4.79 Å². The molecule has 2 aromatic carbocycles. The summed E-state index contributed by atoms with van der Waals surface area (Å²) in [5.41, 5.74) is 1.98. The number of rotatable bonds is 6. The number of hydrogen-bond acceptors (Lipinski definition) is 5. The van der Waals surface area contributed by atoms with Gasteiger partial charge in [0, 0.05) is 18.8 Å². The van der Waals surface area contributed by atoms with E-state index in [1.807, 2.05) is 83.1 Å². The van der Waals surface area contributed by atoms with Crippen LogP contribution in [0.3, 0.4) is 0 Å². The van der Waals surface area contributed by atoms with Crippen LogP contribution in [0.5, 0.6) is 0 Å². The molecule has 156 valence electrons. The average Bonchev–Trinajstić information content (AvgIpc) is 3.60. The van der Waals surface area contributed by atoms with Crippen LogP contribution in [0.1, 0.15) is 23.7 Å². The lowest BCUT2D eigenvalue weighted by Crippen LogP contribution is -2.31. The van der Waals surface area contributed by atoms with E-state index in [0.717, 1.165) is 53.0 Å². The first-order valence-corrected chi connectivity index (χ1v) is 12.1. The molecule has 0 radical (unpaired) electrons. The molecule has 1 unspecified atom stereocenters. The van der Waals surface area contributed by atoms with Crippen LogP contribution < -0.4 is 0 Å². The minimum Gasteiger partial charge on any atom is -0.341 e. The fourth-order valence-corrected chi connectivity index (χ4v) is 5.66. The minimum absolute atomic E-state index is 0.147. The Hall–Kier alpha value is -2.90. The molecular weight excluding hydrogens is 424 g/mol. The van der Waals surface area contributed by atoms with Gasteiger partial charge in [-0.05, 0) is 42.0 Å². The van der Waals surface area contributed by atoms with Crippen molar-refractivity contribution in [2.45, 2.75) is 23.2 Å². The van der Waals surface area contributed by atoms with Crippen molar-refractivity contribution in [1.82, 2.24) is 19.7 Å². The van der Waals surface area contributed by atoms with Crippen LogP contribution >= 0.6 is 23.1 Å². The molecule has 0 saturated carbocycles. The standard InChI is InChI=1S/C24H22N4OS2/c29-23(27-15-7-8-16-27)21(18-10-3-1-4-11-18)31-24-26-25-22(20-14-9-17-30-20)28(24)19-12-5-2-6-13-19/h1-6,9-14,17,21H,7-8,15-16H2. The van der Waals surface area contributed by atoms with Crippen LogP contribution in [0.4, 0.5) is 0 Å². The Morgan fingerprint density at radius 2 is 1.61 bits per heavy atom. The second-order valence-electron chi connectivity index (χ2n) is 7.40. The van der Waals surface area contributed by atoms with Gasteiger partial charge in [-0.15, -0.1) is 21.5 Å². The van der Waals surface area contributed by atoms with Crippen molar-refractivity contribution >= 4 is 29.0 Å². The number of para-hydroxylation sites is 1. The van der Waals surface area contributed by atoms with E-state index in [4.69, 9.17) is 0 Å². The zero-order chi connectivity index (χ0) is 21.0. The minimum atomic E-state index is -0.359. The quantitative estimate of drug-likeness (QED) is 0.370. The third-order valence-electron chi connectivity index (χ3n) is 5.36. The highest BCUT2D eigenvalue weighted by Crippen LogP contribution is 2.39. The Labute approximate surface area is 189 Å². The first-order chi connectivity index (χ1) is 15.3. The lowest BCUT2D eigenvalue weighted by molar-refractivity contribution is -0.129. The number of hydrogen-bond donors (Lipinski definition) is 0. The monoisotopic (exact) mass is 446 g/mol. The van der Waals surface area contributed by atoms with E-state index in [1.165, 1.54) is 11.8 Å². The van der Waals surface area contributed by atoms with Crippen LogP contribution in [0, 0.1) is 0 Å². The number of thioether (sulfide) groups is 1. The highest BCUT2D eigenvalue weighted by atomic mass is 32.2. The van der Waals surface area contributed by atoms with Crippen molar-refractivity contribution in [2.75, 3.05) is 13.1 Å². The highest BCUT2D eigenvalue weighted by Gasteiger charge is 2.31. The zero-order valence-electron chi connectivity index (χ0n) is 16.9. The predicted octanol–water partition coefficient (Wildman–Crippen LogP) is 5.45. The van der Waals surface area contributed by atoms with E-state index < -0.39 is 0 Å². The largest absolute Gasteiger partial charge is 0.341 e. The van der Waals surface area contributed by atoms with Crippen molar-refractivity contribution < 1.29 is 4.79 Å². The molecule has 0 N–H and O–H groups in total. The van der Waals surface area contributed by atoms with Crippen molar-refractivity contribution in [1.29, 1.82) is 0 Å². The molecule has 31 heavy (non-hydrogen) atoms. The predicted molar refractivity (Wildman–Crippen MR) is 126 cm³/mol. The smallest absolute Gasteiger partial charge is 0.240 e. The fourth-order valence-electron chi connectivity index (χ4n) is 3.82. The summed E-state index contributed by atoms with van der Waals surface area (Å²) in [7, 11) is 0. The van der Waals surface area contributed by atoms with Gasteiger partial charge in [0.2, 0.25) is 5.91 Å². The Kier molecular flexibility index (Phi) is 5.86. The van der Waals surface area contributed by atoms with Gasteiger partial charge in [-0.2, -0.15) is 0 Å². The van der Waals surface area contributed by atoms with Gasteiger partial charge < -0.3 is 4.90 Å². The maximum atomic E-state index is 13.5. The molecule has 1 saturated heterocycles. The molecule has 2 aromatic heterocycles. The lowest BCUT2D eigenvalue weighted by atomic mass is 10.1. The van der Waals surface area contributed by atoms with Crippen LogP contribution in [0.2, 0.25) is 0 Å². The number of carbonyl (C=O) groups excluding carboxylic acids is 1. The summed E-state index contributed by atoms with van der Waals surface area (Å²) in [5, 5.41) is 11.4. The number of nitrogens with zero attached hydrogens (tertiary/aromatic N) is 4. The number of thiophene rings is 1. The van der Waals surface area contributed by atoms with E-state index >= 15 is 0 Å². The van der Waals surface area contributed by atoms with Gasteiger partial charge in [-0.25, -0.2) is 0 Å². The van der Waals surface area contributed by atoms with Crippen LogP contribution in [-0.4, -0.2) is 38.7 Å². The molecule has 5 rings (SSSR count). The van der Waals surface area contributed by atoms with Crippen LogP contribution in [-0.2, 0) is 4.79 Å². The van der Waals surface area contributed by atoms with E-state index in [-0.39, 0.29) is 11.2 Å². The molecule has 1 amide bonds. The van der Waals surface area contributed by atoms with Crippen LogP contribution in [0.25, 0.3) is 16.4 Å². The summed E-state index contributed by atoms with van der Waals surface area (Å²) in [6, 6.07) is 24.2. The van der Waals surface area contributed by atoms with Gasteiger partial charge in [-0.3, -0.25) is 9.36 Å². The molecule has 1 atom stereocenters. The second kappa shape index (κ2) is 9.08. The fraction of sp³-hybridized carbons (Fsp3) is 0.208. The Morgan fingerprint density at radius 3 is 2.29 bits per heavy atom. The second-order valence-corrected chi connectivity index (χ2v) is 9.42. The van der Waals surface area contributed by atoms with E-state index in [0.29, 0.717) is 0 Å². The number of aromatic nitrogens is 3. The normalized spacial score (nSPS) is 14.6. The molecule has 0 spiro atoms. The van der Waals surface area contributed by atoms with Gasteiger partial charge in [0.25, 0.3) is 0 Å². The molecule has 5 nitrogen and oxygen atoms in total. The molecule has 4 aromatic rings. The van der Waals surface area contributed by atoms with Crippen molar-refractivity contribution in [3.05, 3.63) is 83.7 Å². The molecular formula is C24H22N4OS2. The SMILES string of the molecule is O=C(C(Sc1nnc(-c2cccs2)n1-c1ccccc1)c1ccccc1)N1CCCC1. The lowest BCUT2D eigenvalue weighted by Gasteiger charge is -2.23. The zero-order valence-corrected chi connectivity index (χ0v) is 18.6. The number of carbonyl (C=O) groups is 1. The summed E-state index contributed by atoms with van der Waals surface area (Å²) in [6.07, 6.45) is 2.14. The summed E-state index contributed by atoms with van der Waals surface area (Å²) >= 11 is 3.11. The van der Waals surface area contributed by atoms with Gasteiger partial charge in [-0.1, -0.05) is 66.4 Å². The van der Waals surface area contributed by atoms with Crippen molar-refractivity contribution in [3.8, 4) is 16.4 Å². The number of likely N-dealkylation sites (tertiary alicyclic amines) is 1. The van der Waals surface area contributed by atoms with Gasteiger partial charge in [0.15, 0.2) is 11.0 Å². The maximum absolute atomic E-state index is 13.5. The maximum Gasteiger partial charge on any atom is 0.240 e. The van der Waals surface area contributed by atoms with Gasteiger partial charge >= 0.3 is 0 Å². The molecule has 0 aliphatic carbocycles. The summed E-state index contributed by atoms with van der Waals surface area (Å²) in [6.45, 7) is 1.66. The summed E-state index contributed by atoms with van der Waals surface area (Å²) in [5.74, 6) is 0.943. The van der Waals surface area contributed by atoms with E-state index in [2.05, 4.69) is 14.8 Å². The topological polar surface area (TPSA) is 51.0 Å². The molecule has 1 fully saturated rings. The molecule has 1 aliphatic rings. The van der Waals surface area contributed by atoms with Crippen molar-refractivity contribution in [3.63, 3.8) is 0 Å². The molecule has 3 heterocycles. The number of benzene rings is 2. The Bertz CT molecular complexity index is 1140. The molecule has 7 heteroatoms. The summed E-state index contributed by atoms with van der Waals surface area (Å²) < 4.78 is 2.06. The first-order valence-electron chi connectivity index (χ1n) is 10.4. The third kappa shape index (κ3) is 4.16. The third-order valence-corrected chi connectivity index (χ3v) is 7.41. The molecule has 0 bridgehead atoms. The summed E-state index contributed by atoms with van der Waals surface area (Å²) in [4.78, 5) is 16.5. The van der Waals surface area contributed by atoms with Crippen molar-refractivity contribution in [2.24, 2.45) is 0 Å². The first kappa shape index (κ1) is 20.0. The Morgan fingerprint density at radius 1 is 0.903 bits per heavy atom. The molecule has 1 aliphatic heterocycles. The van der Waals surface area contributed by atoms with Gasteiger partial charge in [0.1, 0.15) is 5.25 Å². The Balaban J connectivity index is 1.57. The van der Waals surface area contributed by atoms with Gasteiger partial charge in [0.05, 0.1) is 4.88 Å². The average molecular weight is 447 g/mol. The van der Waals surface area contributed by atoms with E-state index in [1.54, 1.807) is 11.3 Å². The highest BCUT2D eigenvalue weighted by molar-refractivity contribution is 8.00. The van der Waals surface area contributed by atoms with Crippen LogP contribution in [0.15, 0.2) is 83.3 Å². The number of amides is 1.